The van der Waals surface area contributed by atoms with Crippen molar-refractivity contribution in [3.8, 4) is 17.2 Å². The molecule has 3 rings (SSSR count). The summed E-state index contributed by atoms with van der Waals surface area (Å²) in [6.45, 7) is 0. The number of hydrogen-bond acceptors (Lipinski definition) is 6. The van der Waals surface area contributed by atoms with E-state index in [0.717, 1.165) is 16.2 Å². The third-order valence-electron chi connectivity index (χ3n) is 3.12. The number of benzene rings is 2. The van der Waals surface area contributed by atoms with Gasteiger partial charge in [-0.05, 0) is 36.4 Å². The zero-order valence-electron chi connectivity index (χ0n) is 12.9. The Kier molecular flexibility index (Phi) is 5.12. The largest absolute Gasteiger partial charge is 0.497 e. The number of ether oxygens (including phenoxy) is 1. The molecule has 0 spiro atoms. The molecule has 0 aliphatic rings. The van der Waals surface area contributed by atoms with E-state index in [1.807, 2.05) is 54.6 Å². The van der Waals surface area contributed by atoms with Crippen LogP contribution >= 0.6 is 11.8 Å². The van der Waals surface area contributed by atoms with Gasteiger partial charge >= 0.3 is 6.01 Å². The summed E-state index contributed by atoms with van der Waals surface area (Å²) < 4.78 is 10.5. The molecule has 0 atom stereocenters. The Balaban J connectivity index is 1.54. The van der Waals surface area contributed by atoms with Crippen molar-refractivity contribution in [2.24, 2.45) is 0 Å². The van der Waals surface area contributed by atoms with Gasteiger partial charge in [-0.2, -0.15) is 0 Å². The average molecular weight is 341 g/mol. The number of methoxy groups -OCH3 is 1. The number of carbonyl (C=O) groups is 1. The fraction of sp³-hybridized carbons (Fsp3) is 0.118. The van der Waals surface area contributed by atoms with E-state index in [9.17, 15) is 4.79 Å². The second kappa shape index (κ2) is 7.65. The van der Waals surface area contributed by atoms with Crippen LogP contribution in [0.25, 0.3) is 11.5 Å². The standard InChI is InChI=1S/C17H15N3O3S/c1-22-13-7-9-14(10-8-13)24-11-15(21)18-17-20-19-16(23-17)12-5-3-2-4-6-12/h2-10H,11H2,1H3,(H,18,20,21). The minimum Gasteiger partial charge on any atom is -0.497 e. The summed E-state index contributed by atoms with van der Waals surface area (Å²) in [5.74, 6) is 1.19. The zero-order chi connectivity index (χ0) is 16.8. The lowest BCUT2D eigenvalue weighted by Gasteiger charge is -2.03. The van der Waals surface area contributed by atoms with Crippen LogP contribution in [0.1, 0.15) is 0 Å². The van der Waals surface area contributed by atoms with E-state index in [0.29, 0.717) is 5.89 Å². The molecule has 1 amide bonds. The number of thioether (sulfide) groups is 1. The Morgan fingerprint density at radius 2 is 1.88 bits per heavy atom. The molecule has 7 heteroatoms. The topological polar surface area (TPSA) is 77.2 Å². The molecule has 3 aromatic rings. The van der Waals surface area contributed by atoms with Gasteiger partial charge in [0.2, 0.25) is 11.8 Å². The van der Waals surface area contributed by atoms with Gasteiger partial charge in [0.15, 0.2) is 0 Å². The van der Waals surface area contributed by atoms with Gasteiger partial charge in [-0.3, -0.25) is 10.1 Å². The van der Waals surface area contributed by atoms with Crippen molar-refractivity contribution in [1.29, 1.82) is 0 Å². The number of rotatable bonds is 6. The molecule has 0 fully saturated rings. The van der Waals surface area contributed by atoms with Crippen molar-refractivity contribution >= 4 is 23.7 Å². The number of aromatic nitrogens is 2. The maximum atomic E-state index is 12.0. The first-order valence-corrected chi connectivity index (χ1v) is 8.19. The number of amides is 1. The summed E-state index contributed by atoms with van der Waals surface area (Å²) in [7, 11) is 1.61. The van der Waals surface area contributed by atoms with Crippen LogP contribution in [0.4, 0.5) is 6.01 Å². The summed E-state index contributed by atoms with van der Waals surface area (Å²) in [5.41, 5.74) is 0.804. The number of carbonyl (C=O) groups excluding carboxylic acids is 1. The summed E-state index contributed by atoms with van der Waals surface area (Å²) in [6.07, 6.45) is 0. The minimum atomic E-state index is -0.209. The first-order valence-electron chi connectivity index (χ1n) is 7.20. The van der Waals surface area contributed by atoms with Crippen LogP contribution in [0.3, 0.4) is 0 Å². The highest BCUT2D eigenvalue weighted by atomic mass is 32.2. The lowest BCUT2D eigenvalue weighted by molar-refractivity contribution is -0.113. The third kappa shape index (κ3) is 4.14. The minimum absolute atomic E-state index is 0.0918. The van der Waals surface area contributed by atoms with Crippen molar-refractivity contribution < 1.29 is 13.9 Å². The Labute approximate surface area is 143 Å². The SMILES string of the molecule is COc1ccc(SCC(=O)Nc2nnc(-c3ccccc3)o2)cc1. The fourth-order valence-corrected chi connectivity index (χ4v) is 2.65. The van der Waals surface area contributed by atoms with Crippen molar-refractivity contribution in [1.82, 2.24) is 10.2 Å². The van der Waals surface area contributed by atoms with Gasteiger partial charge in [-0.25, -0.2) is 0 Å². The fourth-order valence-electron chi connectivity index (χ4n) is 1.95. The quantitative estimate of drug-likeness (QED) is 0.692. The second-order valence-electron chi connectivity index (χ2n) is 4.79. The average Bonchev–Trinajstić information content (AvgIpc) is 3.09. The first-order chi connectivity index (χ1) is 11.7. The second-order valence-corrected chi connectivity index (χ2v) is 5.84. The van der Waals surface area contributed by atoms with Gasteiger partial charge < -0.3 is 9.15 Å². The first kappa shape index (κ1) is 16.1. The van der Waals surface area contributed by atoms with Gasteiger partial charge in [0.25, 0.3) is 0 Å². The highest BCUT2D eigenvalue weighted by Gasteiger charge is 2.11. The molecule has 24 heavy (non-hydrogen) atoms. The zero-order valence-corrected chi connectivity index (χ0v) is 13.7. The normalized spacial score (nSPS) is 10.4. The predicted octanol–water partition coefficient (Wildman–Crippen LogP) is 3.48. The van der Waals surface area contributed by atoms with Crippen LogP contribution < -0.4 is 10.1 Å². The van der Waals surface area contributed by atoms with Crippen LogP contribution in [-0.2, 0) is 4.79 Å². The number of nitrogens with zero attached hydrogens (tertiary/aromatic N) is 2. The molecule has 0 saturated heterocycles. The van der Waals surface area contributed by atoms with Crippen molar-refractivity contribution in [2.45, 2.75) is 4.90 Å². The molecule has 1 N–H and O–H groups in total. The van der Waals surface area contributed by atoms with E-state index in [-0.39, 0.29) is 17.7 Å². The monoisotopic (exact) mass is 341 g/mol. The van der Waals surface area contributed by atoms with Gasteiger partial charge in [-0.15, -0.1) is 16.9 Å². The van der Waals surface area contributed by atoms with Crippen LogP contribution in [-0.4, -0.2) is 29.0 Å². The molecule has 1 aromatic heterocycles. The Hall–Kier alpha value is -2.80. The molecule has 122 valence electrons. The number of hydrogen-bond donors (Lipinski definition) is 1. The van der Waals surface area contributed by atoms with Crippen molar-refractivity contribution in [3.05, 3.63) is 54.6 Å². The number of anilines is 1. The maximum absolute atomic E-state index is 12.0. The highest BCUT2D eigenvalue weighted by molar-refractivity contribution is 8.00. The van der Waals surface area contributed by atoms with Gasteiger partial charge in [-0.1, -0.05) is 23.3 Å². The molecule has 0 radical (unpaired) electrons. The predicted molar refractivity (Wildman–Crippen MR) is 92.1 cm³/mol. The molecule has 0 unspecified atom stereocenters. The molecular weight excluding hydrogens is 326 g/mol. The van der Waals surface area contributed by atoms with E-state index in [2.05, 4.69) is 15.5 Å². The summed E-state index contributed by atoms with van der Waals surface area (Å²) in [6, 6.07) is 17.0. The van der Waals surface area contributed by atoms with Crippen molar-refractivity contribution in [3.63, 3.8) is 0 Å². The molecular formula is C17H15N3O3S. The summed E-state index contributed by atoms with van der Waals surface area (Å²) in [4.78, 5) is 12.9. The molecule has 6 nitrogen and oxygen atoms in total. The molecule has 0 aliphatic carbocycles. The smallest absolute Gasteiger partial charge is 0.322 e. The summed E-state index contributed by atoms with van der Waals surface area (Å²) >= 11 is 1.41. The van der Waals surface area contributed by atoms with Crippen LogP contribution in [0.15, 0.2) is 63.9 Å². The molecule has 2 aromatic carbocycles. The molecule has 0 aliphatic heterocycles. The lowest BCUT2D eigenvalue weighted by atomic mass is 10.2. The van der Waals surface area contributed by atoms with Gasteiger partial charge in [0.1, 0.15) is 5.75 Å². The third-order valence-corrected chi connectivity index (χ3v) is 4.13. The van der Waals surface area contributed by atoms with E-state index in [1.54, 1.807) is 7.11 Å². The number of nitrogens with one attached hydrogen (secondary N) is 1. The molecule has 0 saturated carbocycles. The van der Waals surface area contributed by atoms with Crippen molar-refractivity contribution in [2.75, 3.05) is 18.2 Å². The highest BCUT2D eigenvalue weighted by Crippen LogP contribution is 2.22. The van der Waals surface area contributed by atoms with E-state index in [1.165, 1.54) is 11.8 Å². The van der Waals surface area contributed by atoms with Gasteiger partial charge in [0, 0.05) is 10.5 Å². The van der Waals surface area contributed by atoms with Crippen LogP contribution in [0.2, 0.25) is 0 Å². The van der Waals surface area contributed by atoms with Crippen LogP contribution in [0, 0.1) is 0 Å². The van der Waals surface area contributed by atoms with Gasteiger partial charge in [0.05, 0.1) is 12.9 Å². The lowest BCUT2D eigenvalue weighted by Crippen LogP contribution is -2.14. The summed E-state index contributed by atoms with van der Waals surface area (Å²) in [5, 5.41) is 10.4. The Morgan fingerprint density at radius 3 is 2.58 bits per heavy atom. The van der Waals surface area contributed by atoms with E-state index >= 15 is 0 Å². The Morgan fingerprint density at radius 1 is 1.12 bits per heavy atom. The van der Waals surface area contributed by atoms with E-state index in [4.69, 9.17) is 9.15 Å². The molecule has 1 heterocycles. The maximum Gasteiger partial charge on any atom is 0.322 e. The van der Waals surface area contributed by atoms with E-state index < -0.39 is 0 Å². The van der Waals surface area contributed by atoms with Crippen LogP contribution in [0.5, 0.6) is 5.75 Å². The molecule has 0 bridgehead atoms. The Bertz CT molecular complexity index is 803.